The van der Waals surface area contributed by atoms with E-state index >= 15 is 0 Å². The summed E-state index contributed by atoms with van der Waals surface area (Å²) in [6.07, 6.45) is 30.6. The number of nitrogens with zero attached hydrogens (tertiary/aromatic N) is 2. The number of unbranched alkanes of at least 4 members (excludes halogenated alkanes) is 1. The Morgan fingerprint density at radius 2 is 1.13 bits per heavy atom. The predicted molar refractivity (Wildman–Crippen MR) is 408 cm³/mol. The van der Waals surface area contributed by atoms with Crippen LogP contribution in [0.25, 0.3) is 0 Å². The zero-order valence-electron chi connectivity index (χ0n) is 62.8. The Morgan fingerprint density at radius 3 is 1.64 bits per heavy atom. The van der Waals surface area contributed by atoms with Crippen molar-refractivity contribution in [3.63, 3.8) is 0 Å². The van der Waals surface area contributed by atoms with Gasteiger partial charge in [0.25, 0.3) is 0 Å². The van der Waals surface area contributed by atoms with E-state index in [-0.39, 0.29) is 51.0 Å². The van der Waals surface area contributed by atoms with E-state index in [1.807, 2.05) is 30.4 Å². The number of nitrogens with one attached hydrogen (secondary N) is 2. The molecular weight excluding hydrogens is 1290 g/mol. The number of amides is 1. The number of hydrogen-bond donors (Lipinski definition) is 2. The number of carbonyl (C=O) groups is 4. The van der Waals surface area contributed by atoms with Crippen molar-refractivity contribution in [1.29, 1.82) is 0 Å². The van der Waals surface area contributed by atoms with Gasteiger partial charge in [0.15, 0.2) is 11.6 Å². The first-order valence-corrected chi connectivity index (χ1v) is 41.1. The number of allylic oxidation sites excluding steroid dienone is 6. The summed E-state index contributed by atoms with van der Waals surface area (Å²) in [6, 6.07) is 21.7. The zero-order valence-corrected chi connectivity index (χ0v) is 65.1. The number of hydrogen-bond acceptors (Lipinski definition) is 9. The second-order valence-corrected chi connectivity index (χ2v) is 34.5. The van der Waals surface area contributed by atoms with Crippen molar-refractivity contribution >= 4 is 58.1 Å². The maximum Gasteiger partial charge on any atom is 0.234 e. The Hall–Kier alpha value is -3.45. The number of halogens is 3. The number of likely N-dealkylation sites (tertiary alicyclic amines) is 1. The summed E-state index contributed by atoms with van der Waals surface area (Å²) in [4.78, 5) is 53.3. The van der Waals surface area contributed by atoms with Gasteiger partial charge in [0, 0.05) is 56.3 Å². The van der Waals surface area contributed by atoms with Crippen LogP contribution in [0.5, 0.6) is 0 Å². The molecule has 0 radical (unpaired) electrons. The number of piperidine rings is 2. The number of carbonyl (C=O) groups excluding carboxylic acids is 4. The van der Waals surface area contributed by atoms with Crippen molar-refractivity contribution in [2.24, 2.45) is 70.0 Å². The summed E-state index contributed by atoms with van der Waals surface area (Å²) in [5.41, 5.74) is 12.8. The van der Waals surface area contributed by atoms with Gasteiger partial charge in [-0.15, -0.1) is 34.8 Å². The van der Waals surface area contributed by atoms with Crippen molar-refractivity contribution in [3.8, 4) is 0 Å². The molecule has 2 N–H and O–H groups in total. The topological polar surface area (TPSA) is 117 Å². The second kappa shape index (κ2) is 35.1. The lowest BCUT2D eigenvalue weighted by atomic mass is 9.56. The molecule has 0 bridgehead atoms. The zero-order chi connectivity index (χ0) is 70.8. The first kappa shape index (κ1) is 78.1. The number of rotatable bonds is 15. The number of ketones is 3. The molecule has 8 aliphatic carbocycles. The van der Waals surface area contributed by atoms with E-state index < -0.39 is 0 Å². The van der Waals surface area contributed by atoms with Crippen LogP contribution in [0, 0.1) is 70.0 Å². The Morgan fingerprint density at radius 1 is 0.636 bits per heavy atom. The summed E-state index contributed by atoms with van der Waals surface area (Å²) in [7, 11) is 0. The summed E-state index contributed by atoms with van der Waals surface area (Å²) in [5.74, 6) is 7.85. The summed E-state index contributed by atoms with van der Waals surface area (Å²) < 4.78 is 14.3. The maximum absolute atomic E-state index is 13.2. The predicted octanol–water partition coefficient (Wildman–Crippen LogP) is 18.6. The molecule has 12 aliphatic rings. The van der Waals surface area contributed by atoms with Crippen LogP contribution in [0.3, 0.4) is 0 Å². The average Bonchev–Trinajstić information content (AvgIpc) is 1.59. The molecule has 0 aromatic heterocycles. The van der Waals surface area contributed by atoms with Gasteiger partial charge in [-0.2, -0.15) is 0 Å². The van der Waals surface area contributed by atoms with Crippen molar-refractivity contribution in [3.05, 3.63) is 117 Å². The highest BCUT2D eigenvalue weighted by molar-refractivity contribution is 6.40. The SMILES string of the molecule is CC1=C2C[C@H]3[C@@H](CCC4=CC(=O)CC[C@@]43C)[C@@H]2CC[C@@]2(C1)O[C@@H]1C[C@H](C)CN(CC(=O)NCCCc3ccccc3)[C@H]1[C@H]2C.CC1=C2C[C@H]3[C@@H](CCC4=CC(=O)CC[C@@]43C)[C@@H]2CC[C@@]2(C1)O[C@@H]1C[C@H](C)CN[C@H]1[C@H]2C.CCN(CC)CC.ClCCl.O=C(CCl)CCCCc1ccccc1. The number of ether oxygens (including phenoxy) is 2. The Kier molecular flexibility index (Phi) is 27.7. The highest BCUT2D eigenvalue weighted by atomic mass is 35.5. The van der Waals surface area contributed by atoms with E-state index in [1.165, 1.54) is 93.3 Å². The van der Waals surface area contributed by atoms with Crippen molar-refractivity contribution in [1.82, 2.24) is 20.4 Å². The fraction of sp³-hybridized carbons (Fsp3) is 0.721. The fourth-order valence-corrected chi connectivity index (χ4v) is 22.4. The standard InChI is InChI=1S/C39H54N2O3.C28H41NO2.C12H15ClO.C6H15N.CH2Cl2/c1-25-19-35-37(41(23-25)24-36(43)40-18-8-11-28-9-6-5-7-10-28)27(3)39(44-35)17-15-31-32-13-12-29-20-30(42)14-16-38(29,4)34(32)21-33(31)26(2)22-39;1-16-11-25-26(29-15-16)18(3)28(31-25)10-8-21-22-6-5-19-12-20(30)7-9-27(19,4)24(22)13-23(21)17(2)14-28;13-10-12(14)9-5-4-8-11-6-2-1-3-7-11;1-4-7(5-2)6-3;2-1-3/h5-7,9-10,20,25,27,31-32,34-35,37H,8,11-19,21-24H2,1-4H3,(H,40,43);12,16,18,21-22,24-26,29H,5-11,13-15H2,1-4H3;1-3,6-7H,4-5,8-10H2;4-6H2,1-3H3;1H2/t25-,27+,31-,32-,34-,35+,37-,38-,39-;16-,18+,21-,22-,24-,25+,26-,27-,28-;;;/m00.../s1. The molecule has 2 aromatic carbocycles. The lowest BCUT2D eigenvalue weighted by Gasteiger charge is -2.48. The number of alkyl halides is 3. The largest absolute Gasteiger partial charge is 0.369 e. The van der Waals surface area contributed by atoms with Crippen LogP contribution in [0.15, 0.2) is 106 Å². The number of benzene rings is 2. The Balaban J connectivity index is 0.000000166. The molecule has 1 amide bonds. The van der Waals surface area contributed by atoms with Gasteiger partial charge < -0.3 is 25.0 Å². The monoisotopic (exact) mass is 1420 g/mol. The quantitative estimate of drug-likeness (QED) is 0.102. The first-order chi connectivity index (χ1) is 47.6. The van der Waals surface area contributed by atoms with Crippen LogP contribution >= 0.6 is 34.8 Å². The molecule has 4 saturated heterocycles. The van der Waals surface area contributed by atoms with Gasteiger partial charge >= 0.3 is 0 Å². The van der Waals surface area contributed by atoms with E-state index in [4.69, 9.17) is 44.3 Å². The third kappa shape index (κ3) is 17.8. The molecule has 18 atom stereocenters. The molecule has 548 valence electrons. The molecule has 10 nitrogen and oxygen atoms in total. The van der Waals surface area contributed by atoms with Gasteiger partial charge in [-0.05, 0) is 256 Å². The van der Waals surface area contributed by atoms with Crippen LogP contribution in [0.2, 0.25) is 0 Å². The minimum atomic E-state index is -0.123. The summed E-state index contributed by atoms with van der Waals surface area (Å²) in [5, 5.41) is 7.27. The van der Waals surface area contributed by atoms with E-state index in [0.717, 1.165) is 146 Å². The minimum Gasteiger partial charge on any atom is -0.369 e. The third-order valence-corrected chi connectivity index (χ3v) is 28.0. The molecule has 2 spiro atoms. The molecule has 2 aromatic rings. The normalized spacial score (nSPS) is 36.4. The number of aryl methyl sites for hydroxylation is 2. The van der Waals surface area contributed by atoms with E-state index in [0.29, 0.717) is 72.3 Å². The number of Topliss-reactive ketones (excluding diaryl/α,β-unsaturated/α-hetero) is 1. The van der Waals surface area contributed by atoms with Gasteiger partial charge in [0.1, 0.15) is 5.78 Å². The second-order valence-electron chi connectivity index (χ2n) is 33.5. The van der Waals surface area contributed by atoms with Crippen LogP contribution < -0.4 is 10.6 Å². The van der Waals surface area contributed by atoms with Gasteiger partial charge in [0.2, 0.25) is 5.91 Å². The molecule has 4 heterocycles. The number of fused-ring (bicyclic) bond motifs is 12. The van der Waals surface area contributed by atoms with E-state index in [2.05, 4.69) is 139 Å². The first-order valence-electron chi connectivity index (χ1n) is 39.5. The molecule has 4 aliphatic heterocycles. The minimum absolute atomic E-state index is 0.0458. The third-order valence-electron chi connectivity index (χ3n) is 27.7. The molecule has 13 heteroatoms. The lowest BCUT2D eigenvalue weighted by molar-refractivity contribution is -0.124. The van der Waals surface area contributed by atoms with Gasteiger partial charge in [-0.1, -0.05) is 156 Å². The highest BCUT2D eigenvalue weighted by Gasteiger charge is 2.61. The molecule has 8 fully saturated rings. The van der Waals surface area contributed by atoms with E-state index in [9.17, 15) is 19.2 Å². The molecular formula is C86H127Cl3N4O6. The molecule has 99 heavy (non-hydrogen) atoms. The Labute approximate surface area is 613 Å². The smallest absolute Gasteiger partial charge is 0.234 e. The van der Waals surface area contributed by atoms with Crippen molar-refractivity contribution < 1.29 is 28.7 Å². The fourth-order valence-electron chi connectivity index (χ4n) is 22.3. The summed E-state index contributed by atoms with van der Waals surface area (Å²) in [6.45, 7) is 32.9. The van der Waals surface area contributed by atoms with Crippen LogP contribution in [-0.2, 0) is 41.5 Å². The average molecular weight is 1420 g/mol. The molecule has 4 saturated carbocycles. The lowest BCUT2D eigenvalue weighted by Crippen LogP contribution is -2.54. The van der Waals surface area contributed by atoms with Crippen LogP contribution in [0.4, 0.5) is 0 Å². The highest BCUT2D eigenvalue weighted by Crippen LogP contribution is 2.66. The van der Waals surface area contributed by atoms with Crippen LogP contribution in [0.1, 0.15) is 229 Å². The molecule has 0 unspecified atom stereocenters. The summed E-state index contributed by atoms with van der Waals surface area (Å²) >= 11 is 14.9. The maximum atomic E-state index is 13.2. The van der Waals surface area contributed by atoms with Gasteiger partial charge in [-0.3, -0.25) is 24.1 Å². The van der Waals surface area contributed by atoms with E-state index in [1.54, 1.807) is 22.3 Å². The van der Waals surface area contributed by atoms with Gasteiger partial charge in [-0.25, -0.2) is 0 Å². The van der Waals surface area contributed by atoms with Crippen LogP contribution in [-0.4, -0.2) is 126 Å². The molecule has 14 rings (SSSR count). The van der Waals surface area contributed by atoms with Crippen molar-refractivity contribution in [2.45, 2.75) is 266 Å². The Bertz CT molecular complexity index is 3180. The van der Waals surface area contributed by atoms with Crippen molar-refractivity contribution in [2.75, 3.05) is 57.0 Å². The van der Waals surface area contributed by atoms with Gasteiger partial charge in [0.05, 0.1) is 41.2 Å².